The van der Waals surface area contributed by atoms with Crippen LogP contribution in [0.15, 0.2) is 24.3 Å². The second kappa shape index (κ2) is 4.51. The zero-order valence-electron chi connectivity index (χ0n) is 7.87. The largest absolute Gasteiger partial charge is 0.483 e. The molecule has 1 rings (SSSR count). The molecule has 0 aliphatic carbocycles. The third kappa shape index (κ3) is 2.79. The van der Waals surface area contributed by atoms with Gasteiger partial charge in [0.2, 0.25) is 0 Å². The normalized spacial score (nSPS) is 9.69. The Hall–Kier alpha value is -1.49. The van der Waals surface area contributed by atoms with E-state index < -0.39 is 0 Å². The van der Waals surface area contributed by atoms with Crippen LogP contribution in [0.5, 0.6) is 5.75 Å². The smallest absolute Gasteiger partial charge is 0.145 e. The Balaban J connectivity index is 2.65. The lowest BCUT2D eigenvalue weighted by Gasteiger charge is -2.10. The highest BCUT2D eigenvalue weighted by molar-refractivity contribution is 5.34. The van der Waals surface area contributed by atoms with Gasteiger partial charge in [0, 0.05) is 0 Å². The van der Waals surface area contributed by atoms with Gasteiger partial charge in [0.1, 0.15) is 11.9 Å². The fraction of sp³-hybridized carbons (Fsp3) is 0.273. The number of nitriles is 1. The van der Waals surface area contributed by atoms with Gasteiger partial charge in [-0.2, -0.15) is 5.26 Å². The van der Waals surface area contributed by atoms with E-state index in [9.17, 15) is 0 Å². The van der Waals surface area contributed by atoms with Gasteiger partial charge in [0.05, 0.1) is 11.6 Å². The number of ether oxygens (including phenoxy) is 1. The molecular weight excluding hydrogens is 162 g/mol. The molecule has 0 saturated carbocycles. The summed E-state index contributed by atoms with van der Waals surface area (Å²) in [6.45, 7) is 3.98. The van der Waals surface area contributed by atoms with Crippen LogP contribution in [0.25, 0.3) is 0 Å². The Kier molecular flexibility index (Phi) is 3.33. The average Bonchev–Trinajstić information content (AvgIpc) is 2.19. The third-order valence-corrected chi connectivity index (χ3v) is 1.77. The second-order valence-electron chi connectivity index (χ2n) is 2.79. The highest BCUT2D eigenvalue weighted by Crippen LogP contribution is 2.17. The molecule has 1 radical (unpaired) electrons. The first-order valence-corrected chi connectivity index (χ1v) is 4.26. The van der Waals surface area contributed by atoms with Crippen molar-refractivity contribution < 1.29 is 4.74 Å². The van der Waals surface area contributed by atoms with Gasteiger partial charge in [-0.15, -0.1) is 0 Å². The van der Waals surface area contributed by atoms with Crippen LogP contribution in [0.1, 0.15) is 25.8 Å². The van der Waals surface area contributed by atoms with Crippen LogP contribution in [-0.4, -0.2) is 0 Å². The Labute approximate surface area is 78.8 Å². The van der Waals surface area contributed by atoms with Crippen molar-refractivity contribution in [1.29, 1.82) is 5.26 Å². The number of hydrogen-bond donors (Lipinski definition) is 0. The first kappa shape index (κ1) is 9.60. The lowest BCUT2D eigenvalue weighted by atomic mass is 10.2. The van der Waals surface area contributed by atoms with E-state index in [1.807, 2.05) is 13.8 Å². The molecule has 0 unspecified atom stereocenters. The van der Waals surface area contributed by atoms with Crippen molar-refractivity contribution in [2.75, 3.05) is 0 Å². The van der Waals surface area contributed by atoms with Crippen LogP contribution in [0.4, 0.5) is 0 Å². The van der Waals surface area contributed by atoms with Crippen molar-refractivity contribution in [2.24, 2.45) is 0 Å². The Morgan fingerprint density at radius 1 is 1.38 bits per heavy atom. The molecule has 0 amide bonds. The van der Waals surface area contributed by atoms with Crippen molar-refractivity contribution in [2.45, 2.75) is 20.3 Å². The zero-order chi connectivity index (χ0) is 9.68. The minimum absolute atomic E-state index is 0.654. The predicted molar refractivity (Wildman–Crippen MR) is 51.0 cm³/mol. The van der Waals surface area contributed by atoms with Gasteiger partial charge in [0.25, 0.3) is 0 Å². The van der Waals surface area contributed by atoms with Gasteiger partial charge in [-0.25, -0.2) is 0 Å². The summed E-state index contributed by atoms with van der Waals surface area (Å²) in [5.74, 6) is 0.790. The van der Waals surface area contributed by atoms with Crippen molar-refractivity contribution in [3.8, 4) is 11.8 Å². The molecular formula is C11H12NO. The quantitative estimate of drug-likeness (QED) is 0.705. The van der Waals surface area contributed by atoms with Crippen LogP contribution >= 0.6 is 0 Å². The molecule has 0 aromatic heterocycles. The summed E-state index contributed by atoms with van der Waals surface area (Å²) in [5.41, 5.74) is 0.654. The molecule has 1 aromatic rings. The Morgan fingerprint density at radius 2 is 2.00 bits per heavy atom. The Morgan fingerprint density at radius 3 is 2.46 bits per heavy atom. The number of nitrogens with zero attached hydrogens (tertiary/aromatic N) is 1. The van der Waals surface area contributed by atoms with Gasteiger partial charge in [-0.05, 0) is 37.6 Å². The van der Waals surface area contributed by atoms with E-state index in [0.717, 1.165) is 18.3 Å². The zero-order valence-corrected chi connectivity index (χ0v) is 7.87. The number of rotatable bonds is 3. The summed E-state index contributed by atoms with van der Waals surface area (Å²) >= 11 is 0. The highest BCUT2D eigenvalue weighted by atomic mass is 16.5. The topological polar surface area (TPSA) is 33.0 Å². The summed E-state index contributed by atoms with van der Waals surface area (Å²) in [4.78, 5) is 0. The third-order valence-electron chi connectivity index (χ3n) is 1.77. The minimum atomic E-state index is 0.654. The Bertz CT molecular complexity index is 297. The van der Waals surface area contributed by atoms with Crippen molar-refractivity contribution in [1.82, 2.24) is 0 Å². The van der Waals surface area contributed by atoms with E-state index in [1.165, 1.54) is 0 Å². The van der Waals surface area contributed by atoms with Crippen LogP contribution in [0, 0.1) is 17.4 Å². The van der Waals surface area contributed by atoms with Crippen molar-refractivity contribution >= 4 is 0 Å². The first-order valence-electron chi connectivity index (χ1n) is 4.26. The lowest BCUT2D eigenvalue weighted by molar-refractivity contribution is 0.323. The highest BCUT2D eigenvalue weighted by Gasteiger charge is 2.01. The fourth-order valence-electron chi connectivity index (χ4n) is 0.871. The molecule has 0 heterocycles. The molecule has 0 bridgehead atoms. The summed E-state index contributed by atoms with van der Waals surface area (Å²) in [5, 5.41) is 8.56. The molecule has 0 aliphatic rings. The molecule has 0 atom stereocenters. The lowest BCUT2D eigenvalue weighted by Crippen LogP contribution is -1.99. The summed E-state index contributed by atoms with van der Waals surface area (Å²) in [7, 11) is 0. The maximum atomic E-state index is 8.56. The standard InChI is InChI=1S/C11H12NO/c1-3-9(2)13-11-6-4-10(8-12)5-7-11/h4-7H,3H2,1-2H3. The number of hydrogen-bond acceptors (Lipinski definition) is 2. The van der Waals surface area contributed by atoms with Crippen LogP contribution in [0.3, 0.4) is 0 Å². The van der Waals surface area contributed by atoms with Crippen LogP contribution in [0.2, 0.25) is 0 Å². The van der Waals surface area contributed by atoms with E-state index in [2.05, 4.69) is 6.07 Å². The average molecular weight is 174 g/mol. The molecule has 2 nitrogen and oxygen atoms in total. The molecule has 2 heteroatoms. The van der Waals surface area contributed by atoms with Gasteiger partial charge in [0.15, 0.2) is 0 Å². The monoisotopic (exact) mass is 174 g/mol. The van der Waals surface area contributed by atoms with Gasteiger partial charge in [-0.1, -0.05) is 6.92 Å². The maximum absolute atomic E-state index is 8.56. The summed E-state index contributed by atoms with van der Waals surface area (Å²) in [6, 6.07) is 9.16. The van der Waals surface area contributed by atoms with E-state index in [1.54, 1.807) is 24.3 Å². The van der Waals surface area contributed by atoms with Gasteiger partial charge < -0.3 is 4.74 Å². The van der Waals surface area contributed by atoms with E-state index >= 15 is 0 Å². The molecule has 0 aliphatic heterocycles. The molecule has 13 heavy (non-hydrogen) atoms. The summed E-state index contributed by atoms with van der Waals surface area (Å²) in [6.07, 6.45) is 1.88. The van der Waals surface area contributed by atoms with Gasteiger partial charge >= 0.3 is 0 Å². The van der Waals surface area contributed by atoms with Crippen LogP contribution in [-0.2, 0) is 0 Å². The summed E-state index contributed by atoms with van der Waals surface area (Å²) < 4.78 is 5.47. The molecule has 0 saturated heterocycles. The van der Waals surface area contributed by atoms with Crippen LogP contribution < -0.4 is 4.74 Å². The maximum Gasteiger partial charge on any atom is 0.145 e. The predicted octanol–water partition coefficient (Wildman–Crippen LogP) is 2.90. The molecule has 0 fully saturated rings. The number of benzene rings is 1. The fourth-order valence-corrected chi connectivity index (χ4v) is 0.871. The molecule has 0 N–H and O–H groups in total. The SMILES string of the molecule is CC[C](C)Oc1ccc(C#N)cc1. The van der Waals surface area contributed by atoms with Gasteiger partial charge in [-0.3, -0.25) is 0 Å². The van der Waals surface area contributed by atoms with E-state index in [0.29, 0.717) is 5.56 Å². The molecule has 1 aromatic carbocycles. The minimum Gasteiger partial charge on any atom is -0.483 e. The molecule has 67 valence electrons. The van der Waals surface area contributed by atoms with Crippen molar-refractivity contribution in [3.05, 3.63) is 35.9 Å². The second-order valence-corrected chi connectivity index (χ2v) is 2.79. The molecule has 0 spiro atoms. The van der Waals surface area contributed by atoms with E-state index in [-0.39, 0.29) is 0 Å². The van der Waals surface area contributed by atoms with E-state index in [4.69, 9.17) is 10.00 Å². The van der Waals surface area contributed by atoms with Crippen molar-refractivity contribution in [3.63, 3.8) is 0 Å². The first-order chi connectivity index (χ1) is 6.26.